The second kappa shape index (κ2) is 11.0. The second-order valence-corrected chi connectivity index (χ2v) is 10.3. The van der Waals surface area contributed by atoms with Crippen LogP contribution in [0, 0.1) is 5.82 Å². The molecule has 0 spiro atoms. The lowest BCUT2D eigenvalue weighted by Gasteiger charge is -2.36. The predicted octanol–water partition coefficient (Wildman–Crippen LogP) is 2.48. The maximum Gasteiger partial charge on any atom is 0.261 e. The Morgan fingerprint density at radius 1 is 0.971 bits per heavy atom. The van der Waals surface area contributed by atoms with E-state index in [1.54, 1.807) is 4.90 Å². The summed E-state index contributed by atoms with van der Waals surface area (Å²) in [7, 11) is -4.41. The first-order chi connectivity index (χ1) is 16.1. The molecule has 1 aliphatic heterocycles. The molecule has 3 rings (SSSR count). The molecule has 11 heteroatoms. The molecular weight excluding hydrogens is 485 g/mol. The molecule has 0 bridgehead atoms. The van der Waals surface area contributed by atoms with E-state index in [1.807, 2.05) is 6.92 Å². The van der Waals surface area contributed by atoms with Gasteiger partial charge < -0.3 is 15.1 Å². The Balaban J connectivity index is 1.86. The lowest BCUT2D eigenvalue weighted by atomic mass is 10.2. The fourth-order valence-corrected chi connectivity index (χ4v) is 5.14. The van der Waals surface area contributed by atoms with Crippen LogP contribution in [0.15, 0.2) is 53.4 Å². The Labute approximate surface area is 202 Å². The Hall–Kier alpha value is -2.98. The Kier molecular flexibility index (Phi) is 8.27. The number of piperazine rings is 1. The maximum atomic E-state index is 13.4. The van der Waals surface area contributed by atoms with Crippen LogP contribution in [0.3, 0.4) is 0 Å². The van der Waals surface area contributed by atoms with Crippen LogP contribution in [0.1, 0.15) is 30.1 Å². The number of halogens is 2. The molecule has 0 aromatic heterocycles. The first-order valence-electron chi connectivity index (χ1n) is 10.8. The van der Waals surface area contributed by atoms with Gasteiger partial charge in [-0.15, -0.1) is 0 Å². The zero-order chi connectivity index (χ0) is 24.9. The van der Waals surface area contributed by atoms with Gasteiger partial charge in [0.15, 0.2) is 0 Å². The van der Waals surface area contributed by atoms with Gasteiger partial charge in [-0.2, -0.15) is 0 Å². The molecule has 2 aromatic carbocycles. The Bertz CT molecular complexity index is 1150. The third-order valence-electron chi connectivity index (χ3n) is 5.45. The van der Waals surface area contributed by atoms with E-state index < -0.39 is 32.8 Å². The van der Waals surface area contributed by atoms with Crippen molar-refractivity contribution in [2.24, 2.45) is 0 Å². The molecule has 1 aliphatic rings. The minimum atomic E-state index is -4.41. The fraction of sp³-hybridized carbons (Fsp3) is 0.348. The predicted molar refractivity (Wildman–Crippen MR) is 124 cm³/mol. The Morgan fingerprint density at radius 2 is 1.53 bits per heavy atom. The molecule has 34 heavy (non-hydrogen) atoms. The molecule has 1 fully saturated rings. The van der Waals surface area contributed by atoms with Crippen LogP contribution in [-0.4, -0.2) is 67.5 Å². The van der Waals surface area contributed by atoms with E-state index in [0.29, 0.717) is 17.9 Å². The van der Waals surface area contributed by atoms with Crippen molar-refractivity contribution in [3.8, 4) is 0 Å². The van der Waals surface area contributed by atoms with Crippen LogP contribution in [-0.2, 0) is 19.4 Å². The van der Waals surface area contributed by atoms with Gasteiger partial charge in [0.1, 0.15) is 5.82 Å². The molecule has 182 valence electrons. The molecule has 0 aliphatic carbocycles. The van der Waals surface area contributed by atoms with Crippen molar-refractivity contribution < 1.29 is 27.2 Å². The normalized spacial score (nSPS) is 15.0. The fourth-order valence-electron chi connectivity index (χ4n) is 3.55. The Morgan fingerprint density at radius 3 is 2.09 bits per heavy atom. The summed E-state index contributed by atoms with van der Waals surface area (Å²) in [4.78, 5) is 40.9. The highest BCUT2D eigenvalue weighted by Crippen LogP contribution is 2.19. The van der Waals surface area contributed by atoms with Gasteiger partial charge in [-0.05, 0) is 55.0 Å². The first-order valence-corrected chi connectivity index (χ1v) is 12.7. The van der Waals surface area contributed by atoms with Crippen molar-refractivity contribution in [3.05, 3.63) is 64.9 Å². The summed E-state index contributed by atoms with van der Waals surface area (Å²) >= 11 is 5.85. The number of benzene rings is 2. The molecule has 1 heterocycles. The average molecular weight is 510 g/mol. The summed E-state index contributed by atoms with van der Waals surface area (Å²) in [5, 5.41) is 0.778. The summed E-state index contributed by atoms with van der Waals surface area (Å²) in [6.07, 6.45) is 1.10. The van der Waals surface area contributed by atoms with Gasteiger partial charge in [-0.25, -0.2) is 12.8 Å². The number of carbonyl (C=O) groups excluding carboxylic acids is 3. The van der Waals surface area contributed by atoms with E-state index in [4.69, 9.17) is 11.6 Å². The van der Waals surface area contributed by atoms with Crippen LogP contribution in [0.25, 0.3) is 0 Å². The van der Waals surface area contributed by atoms with Crippen LogP contribution in [0.4, 0.5) is 4.39 Å². The number of nitrogens with zero attached hydrogens (tertiary/aromatic N) is 2. The SMILES string of the molecule is CCCC(=O)N1CCN(C(=O)[C@H](NC(=O)c2ccc(Cl)cc2)S(=O)(=O)c2ccc(F)cc2)CC1. The zero-order valence-electron chi connectivity index (χ0n) is 18.5. The van der Waals surface area contributed by atoms with Crippen molar-refractivity contribution in [1.82, 2.24) is 15.1 Å². The maximum absolute atomic E-state index is 13.4. The van der Waals surface area contributed by atoms with Crippen LogP contribution < -0.4 is 5.32 Å². The summed E-state index contributed by atoms with van der Waals surface area (Å²) in [5.41, 5.74) is 0.117. The van der Waals surface area contributed by atoms with Gasteiger partial charge >= 0.3 is 0 Å². The summed E-state index contributed by atoms with van der Waals surface area (Å²) in [6.45, 7) is 2.67. The molecule has 1 atom stereocenters. The molecule has 0 unspecified atom stereocenters. The van der Waals surface area contributed by atoms with E-state index in [9.17, 15) is 27.2 Å². The molecule has 2 aromatic rings. The molecule has 0 saturated carbocycles. The van der Waals surface area contributed by atoms with Crippen LogP contribution in [0.5, 0.6) is 0 Å². The minimum Gasteiger partial charge on any atom is -0.339 e. The summed E-state index contributed by atoms with van der Waals surface area (Å²) in [6, 6.07) is 9.76. The first kappa shape index (κ1) is 25.6. The van der Waals surface area contributed by atoms with Gasteiger partial charge in [0, 0.05) is 43.2 Å². The minimum absolute atomic E-state index is 0.0267. The number of amides is 3. The molecule has 1 saturated heterocycles. The highest BCUT2D eigenvalue weighted by molar-refractivity contribution is 7.92. The molecule has 0 radical (unpaired) electrons. The van der Waals surface area contributed by atoms with Gasteiger partial charge in [0.05, 0.1) is 4.90 Å². The highest BCUT2D eigenvalue weighted by Gasteiger charge is 2.39. The van der Waals surface area contributed by atoms with Gasteiger partial charge in [-0.3, -0.25) is 14.4 Å². The highest BCUT2D eigenvalue weighted by atomic mass is 35.5. The quantitative estimate of drug-likeness (QED) is 0.577. The number of rotatable bonds is 7. The topological polar surface area (TPSA) is 104 Å². The van der Waals surface area contributed by atoms with Crippen molar-refractivity contribution in [2.75, 3.05) is 26.2 Å². The van der Waals surface area contributed by atoms with Crippen LogP contribution >= 0.6 is 11.6 Å². The molecule has 8 nitrogen and oxygen atoms in total. The monoisotopic (exact) mass is 509 g/mol. The standard InChI is InChI=1S/C23H25ClFN3O5S/c1-2-3-20(29)27-12-14-28(15-13-27)23(31)22(26-21(30)16-4-6-17(24)7-5-16)34(32,33)19-10-8-18(25)9-11-19/h4-11,22H,2-3,12-15H2,1H3,(H,26,30)/t22-/m1/s1. The van der Waals surface area contributed by atoms with Crippen molar-refractivity contribution in [2.45, 2.75) is 30.0 Å². The van der Waals surface area contributed by atoms with Gasteiger partial charge in [0.25, 0.3) is 11.8 Å². The number of hydrogen-bond donors (Lipinski definition) is 1. The lowest BCUT2D eigenvalue weighted by Crippen LogP contribution is -2.57. The second-order valence-electron chi connectivity index (χ2n) is 7.82. The van der Waals surface area contributed by atoms with E-state index in [-0.39, 0.29) is 42.5 Å². The molecule has 3 amide bonds. The van der Waals surface area contributed by atoms with Crippen LogP contribution in [0.2, 0.25) is 5.02 Å². The van der Waals surface area contributed by atoms with E-state index in [2.05, 4.69) is 5.32 Å². The summed E-state index contributed by atoms with van der Waals surface area (Å²) in [5.74, 6) is -2.27. The molecule has 1 N–H and O–H groups in total. The number of sulfone groups is 1. The third kappa shape index (κ3) is 5.92. The van der Waals surface area contributed by atoms with Gasteiger partial charge in [-0.1, -0.05) is 18.5 Å². The largest absolute Gasteiger partial charge is 0.339 e. The van der Waals surface area contributed by atoms with E-state index >= 15 is 0 Å². The average Bonchev–Trinajstić information content (AvgIpc) is 2.83. The van der Waals surface area contributed by atoms with Crippen molar-refractivity contribution >= 4 is 39.2 Å². The van der Waals surface area contributed by atoms with E-state index in [1.165, 1.54) is 29.2 Å². The lowest BCUT2D eigenvalue weighted by molar-refractivity contribution is -0.139. The smallest absolute Gasteiger partial charge is 0.261 e. The number of nitrogens with one attached hydrogen (secondary N) is 1. The summed E-state index contributed by atoms with van der Waals surface area (Å²) < 4.78 is 40.0. The molecular formula is C23H25ClFN3O5S. The number of carbonyl (C=O) groups is 3. The third-order valence-corrected chi connectivity index (χ3v) is 7.57. The number of hydrogen-bond acceptors (Lipinski definition) is 5. The van der Waals surface area contributed by atoms with Gasteiger partial charge in [0.2, 0.25) is 21.1 Å². The zero-order valence-corrected chi connectivity index (χ0v) is 20.1. The van der Waals surface area contributed by atoms with E-state index in [0.717, 1.165) is 24.3 Å². The van der Waals surface area contributed by atoms with Crippen molar-refractivity contribution in [1.29, 1.82) is 0 Å². The van der Waals surface area contributed by atoms with Crippen molar-refractivity contribution in [3.63, 3.8) is 0 Å².